The molecule has 8 heteroatoms. The summed E-state index contributed by atoms with van der Waals surface area (Å²) in [6.45, 7) is 1.47. The van der Waals surface area contributed by atoms with Gasteiger partial charge < -0.3 is 10.1 Å². The number of benzene rings is 2. The quantitative estimate of drug-likeness (QED) is 0.645. The van der Waals surface area contributed by atoms with Gasteiger partial charge in [0, 0.05) is 18.1 Å². The van der Waals surface area contributed by atoms with Crippen molar-refractivity contribution in [2.75, 3.05) is 23.3 Å². The summed E-state index contributed by atoms with van der Waals surface area (Å²) in [5.41, 5.74) is 1.85. The molecule has 150 valence electrons. The number of rotatable bonds is 7. The monoisotopic (exact) mass is 411 g/mol. The summed E-state index contributed by atoms with van der Waals surface area (Å²) >= 11 is 0. The molecule has 0 saturated carbocycles. The maximum absolute atomic E-state index is 13.2. The maximum atomic E-state index is 13.2. The third-order valence-electron chi connectivity index (χ3n) is 4.29. The summed E-state index contributed by atoms with van der Waals surface area (Å²) in [6.07, 6.45) is 2.74. The zero-order chi connectivity index (χ0) is 20.9. The smallest absolute Gasteiger partial charge is 0.266 e. The molecule has 3 rings (SSSR count). The van der Waals surface area contributed by atoms with Crippen LogP contribution in [-0.2, 0) is 14.8 Å². The second kappa shape index (κ2) is 8.74. The van der Waals surface area contributed by atoms with Crippen molar-refractivity contribution in [3.63, 3.8) is 0 Å². The Hall–Kier alpha value is -3.39. The van der Waals surface area contributed by atoms with E-state index in [-0.39, 0.29) is 4.90 Å². The second-order valence-corrected chi connectivity index (χ2v) is 8.12. The van der Waals surface area contributed by atoms with Crippen molar-refractivity contribution in [2.45, 2.75) is 11.8 Å². The molecule has 1 N–H and O–H groups in total. The number of anilines is 2. The van der Waals surface area contributed by atoms with Crippen LogP contribution in [0.3, 0.4) is 0 Å². The molecule has 3 aromatic rings. The molecule has 1 amide bonds. The minimum atomic E-state index is -4.00. The standard InChI is InChI=1S/C21H21N3O4S/c1-16-6-3-4-8-20(16)23-21(25)15-24(17-9-11-18(28-2)12-10-17)29(26,27)19-7-5-13-22-14-19/h3-14H,15H2,1-2H3,(H,23,25). The molecule has 0 aliphatic carbocycles. The summed E-state index contributed by atoms with van der Waals surface area (Å²) < 4.78 is 32.6. The number of para-hydroxylation sites is 1. The predicted octanol–water partition coefficient (Wildman–Crippen LogP) is 3.23. The lowest BCUT2D eigenvalue weighted by molar-refractivity contribution is -0.114. The molecule has 0 atom stereocenters. The molecule has 0 saturated heterocycles. The molecule has 0 aliphatic rings. The number of aromatic nitrogens is 1. The van der Waals surface area contributed by atoms with Crippen LogP contribution in [0.25, 0.3) is 0 Å². The van der Waals surface area contributed by atoms with Gasteiger partial charge in [-0.3, -0.25) is 14.1 Å². The number of hydrogen-bond acceptors (Lipinski definition) is 5. The van der Waals surface area contributed by atoms with Crippen LogP contribution in [0.15, 0.2) is 78.0 Å². The van der Waals surface area contributed by atoms with Gasteiger partial charge in [0.1, 0.15) is 17.2 Å². The van der Waals surface area contributed by atoms with Gasteiger partial charge in [-0.05, 0) is 55.0 Å². The van der Waals surface area contributed by atoms with E-state index >= 15 is 0 Å². The molecule has 0 unspecified atom stereocenters. The molecule has 0 aliphatic heterocycles. The molecule has 29 heavy (non-hydrogen) atoms. The van der Waals surface area contributed by atoms with E-state index in [1.54, 1.807) is 36.4 Å². The number of pyridine rings is 1. The first kappa shape index (κ1) is 20.3. The minimum absolute atomic E-state index is 0.000454. The number of nitrogens with zero attached hydrogens (tertiary/aromatic N) is 2. The van der Waals surface area contributed by atoms with Crippen molar-refractivity contribution < 1.29 is 17.9 Å². The fourth-order valence-corrected chi connectivity index (χ4v) is 4.11. The number of methoxy groups -OCH3 is 1. The van der Waals surface area contributed by atoms with Crippen molar-refractivity contribution in [1.29, 1.82) is 0 Å². The Balaban J connectivity index is 1.94. The second-order valence-electron chi connectivity index (χ2n) is 6.26. The Bertz CT molecular complexity index is 1080. The average molecular weight is 411 g/mol. The molecule has 1 heterocycles. The van der Waals surface area contributed by atoms with Gasteiger partial charge in [-0.15, -0.1) is 0 Å². The third kappa shape index (κ3) is 4.72. The number of aryl methyl sites for hydroxylation is 1. The van der Waals surface area contributed by atoms with Crippen LogP contribution in [0.1, 0.15) is 5.56 Å². The highest BCUT2D eigenvalue weighted by Gasteiger charge is 2.27. The first-order valence-corrected chi connectivity index (χ1v) is 10.3. The molecule has 7 nitrogen and oxygen atoms in total. The van der Waals surface area contributed by atoms with Crippen molar-refractivity contribution in [3.05, 3.63) is 78.6 Å². The minimum Gasteiger partial charge on any atom is -0.497 e. The Labute approximate surface area is 170 Å². The summed E-state index contributed by atoms with van der Waals surface area (Å²) in [5.74, 6) is 0.124. The van der Waals surface area contributed by atoms with Gasteiger partial charge in [0.25, 0.3) is 10.0 Å². The normalized spacial score (nSPS) is 11.0. The van der Waals surface area contributed by atoms with Crippen LogP contribution in [-0.4, -0.2) is 33.0 Å². The maximum Gasteiger partial charge on any atom is 0.266 e. The highest BCUT2D eigenvalue weighted by molar-refractivity contribution is 7.92. The zero-order valence-corrected chi connectivity index (χ0v) is 16.9. The van der Waals surface area contributed by atoms with Gasteiger partial charge in [-0.2, -0.15) is 0 Å². The summed E-state index contributed by atoms with van der Waals surface area (Å²) in [6, 6.07) is 16.7. The molecule has 0 radical (unpaired) electrons. The molecule has 0 bridgehead atoms. The predicted molar refractivity (Wildman–Crippen MR) is 112 cm³/mol. The van der Waals surface area contributed by atoms with E-state index in [4.69, 9.17) is 4.74 Å². The van der Waals surface area contributed by atoms with E-state index in [1.165, 1.54) is 31.6 Å². The van der Waals surface area contributed by atoms with Crippen LogP contribution in [0.2, 0.25) is 0 Å². The number of sulfonamides is 1. The van der Waals surface area contributed by atoms with E-state index in [0.717, 1.165) is 9.87 Å². The van der Waals surface area contributed by atoms with Crippen LogP contribution in [0, 0.1) is 6.92 Å². The topological polar surface area (TPSA) is 88.6 Å². The molecule has 2 aromatic carbocycles. The van der Waals surface area contributed by atoms with Crippen molar-refractivity contribution >= 4 is 27.3 Å². The number of carbonyl (C=O) groups excluding carboxylic acids is 1. The van der Waals surface area contributed by atoms with Crippen LogP contribution >= 0.6 is 0 Å². The van der Waals surface area contributed by atoms with Crippen LogP contribution in [0.4, 0.5) is 11.4 Å². The van der Waals surface area contributed by atoms with Crippen LogP contribution in [0.5, 0.6) is 5.75 Å². The zero-order valence-electron chi connectivity index (χ0n) is 16.1. The lowest BCUT2D eigenvalue weighted by Crippen LogP contribution is -2.38. The van der Waals surface area contributed by atoms with E-state index in [2.05, 4.69) is 10.3 Å². The van der Waals surface area contributed by atoms with Crippen molar-refractivity contribution in [3.8, 4) is 5.75 Å². The molecule has 0 fully saturated rings. The van der Waals surface area contributed by atoms with Crippen LogP contribution < -0.4 is 14.4 Å². The highest BCUT2D eigenvalue weighted by atomic mass is 32.2. The van der Waals surface area contributed by atoms with Gasteiger partial charge in [-0.1, -0.05) is 18.2 Å². The third-order valence-corrected chi connectivity index (χ3v) is 6.05. The van der Waals surface area contributed by atoms with E-state index in [1.807, 2.05) is 19.1 Å². The summed E-state index contributed by atoms with van der Waals surface area (Å²) in [4.78, 5) is 16.6. The van der Waals surface area contributed by atoms with E-state index < -0.39 is 22.5 Å². The Morgan fingerprint density at radius 3 is 2.41 bits per heavy atom. The Kier molecular flexibility index (Phi) is 6.13. The number of carbonyl (C=O) groups is 1. The number of ether oxygens (including phenoxy) is 1. The van der Waals surface area contributed by atoms with Gasteiger partial charge in [0.15, 0.2) is 0 Å². The largest absolute Gasteiger partial charge is 0.497 e. The van der Waals surface area contributed by atoms with Crippen molar-refractivity contribution in [1.82, 2.24) is 4.98 Å². The average Bonchev–Trinajstić information content (AvgIpc) is 2.74. The van der Waals surface area contributed by atoms with Gasteiger partial charge in [-0.25, -0.2) is 8.42 Å². The molecule has 1 aromatic heterocycles. The first-order valence-electron chi connectivity index (χ1n) is 8.84. The Morgan fingerprint density at radius 2 is 1.79 bits per heavy atom. The Morgan fingerprint density at radius 1 is 1.07 bits per heavy atom. The summed E-state index contributed by atoms with van der Waals surface area (Å²) in [7, 11) is -2.48. The number of nitrogens with one attached hydrogen (secondary N) is 1. The highest BCUT2D eigenvalue weighted by Crippen LogP contribution is 2.25. The number of hydrogen-bond donors (Lipinski definition) is 1. The lowest BCUT2D eigenvalue weighted by atomic mass is 10.2. The number of amides is 1. The van der Waals surface area contributed by atoms with Crippen molar-refractivity contribution in [2.24, 2.45) is 0 Å². The van der Waals surface area contributed by atoms with E-state index in [9.17, 15) is 13.2 Å². The summed E-state index contributed by atoms with van der Waals surface area (Å²) in [5, 5.41) is 2.77. The molecular formula is C21H21N3O4S. The van der Waals surface area contributed by atoms with Gasteiger partial charge in [0.05, 0.1) is 12.8 Å². The van der Waals surface area contributed by atoms with Gasteiger partial charge >= 0.3 is 0 Å². The van der Waals surface area contributed by atoms with Gasteiger partial charge in [0.2, 0.25) is 5.91 Å². The fourth-order valence-electron chi connectivity index (χ4n) is 2.72. The SMILES string of the molecule is COc1ccc(N(CC(=O)Nc2ccccc2C)S(=O)(=O)c2cccnc2)cc1. The van der Waals surface area contributed by atoms with E-state index in [0.29, 0.717) is 17.1 Å². The fraction of sp³-hybridized carbons (Fsp3) is 0.143. The molecular weight excluding hydrogens is 390 g/mol. The molecule has 0 spiro atoms. The lowest BCUT2D eigenvalue weighted by Gasteiger charge is -2.24. The first-order chi connectivity index (χ1) is 13.9.